The molecule has 2 rings (SSSR count). The summed E-state index contributed by atoms with van der Waals surface area (Å²) in [5, 5.41) is 11.2. The van der Waals surface area contributed by atoms with Crippen molar-refractivity contribution in [2.75, 3.05) is 31.3 Å². The van der Waals surface area contributed by atoms with Crippen molar-refractivity contribution in [3.8, 4) is 0 Å². The van der Waals surface area contributed by atoms with Gasteiger partial charge in [0.25, 0.3) is 0 Å². The highest BCUT2D eigenvalue weighted by atomic mass is 32.2. The molecule has 0 saturated carbocycles. The fourth-order valence-electron chi connectivity index (χ4n) is 1.97. The molecule has 19 heavy (non-hydrogen) atoms. The van der Waals surface area contributed by atoms with E-state index in [2.05, 4.69) is 42.5 Å². The highest BCUT2D eigenvalue weighted by Gasteiger charge is 1.97. The summed E-state index contributed by atoms with van der Waals surface area (Å²) in [5.74, 6) is 1.76. The van der Waals surface area contributed by atoms with E-state index in [1.54, 1.807) is 11.8 Å². The van der Waals surface area contributed by atoms with Crippen molar-refractivity contribution in [1.29, 1.82) is 0 Å². The molecule has 2 aromatic rings. The van der Waals surface area contributed by atoms with E-state index < -0.39 is 0 Å². The Kier molecular flexibility index (Phi) is 6.21. The van der Waals surface area contributed by atoms with E-state index in [1.807, 2.05) is 0 Å². The lowest BCUT2D eigenvalue weighted by Gasteiger charge is -2.05. The van der Waals surface area contributed by atoms with Crippen LogP contribution in [0.15, 0.2) is 42.5 Å². The summed E-state index contributed by atoms with van der Waals surface area (Å²) in [6, 6.07) is 15.0. The number of rotatable bonds is 8. The molecule has 0 fully saturated rings. The Balaban J connectivity index is 1.72. The van der Waals surface area contributed by atoms with E-state index >= 15 is 0 Å². The van der Waals surface area contributed by atoms with Crippen LogP contribution in [0, 0.1) is 0 Å². The van der Waals surface area contributed by atoms with Gasteiger partial charge in [0.1, 0.15) is 0 Å². The third kappa shape index (κ3) is 4.86. The largest absolute Gasteiger partial charge is 0.396 e. The summed E-state index contributed by atoms with van der Waals surface area (Å²) in [6.45, 7) is 1.78. The number of aliphatic hydroxyl groups excluding tert-OH is 1. The molecule has 0 aromatic heterocycles. The standard InChI is InChI=1S/C16H20O2S/c17-8-11-19-12-10-18-9-7-14-5-6-15-3-1-2-4-16(15)13-14/h1-6,13,17H,7-12H2. The molecule has 0 heterocycles. The normalized spacial score (nSPS) is 11.0. The van der Waals surface area contributed by atoms with Gasteiger partial charge in [0.2, 0.25) is 0 Å². The number of aliphatic hydroxyl groups is 1. The lowest BCUT2D eigenvalue weighted by atomic mass is 10.1. The van der Waals surface area contributed by atoms with Crippen molar-refractivity contribution < 1.29 is 9.84 Å². The van der Waals surface area contributed by atoms with Gasteiger partial charge in [0.15, 0.2) is 0 Å². The van der Waals surface area contributed by atoms with Crippen LogP contribution in [0.4, 0.5) is 0 Å². The molecule has 1 N–H and O–H groups in total. The highest BCUT2D eigenvalue weighted by Crippen LogP contribution is 2.15. The Morgan fingerprint density at radius 2 is 1.79 bits per heavy atom. The summed E-state index contributed by atoms with van der Waals surface area (Å²) < 4.78 is 5.59. The van der Waals surface area contributed by atoms with Crippen LogP contribution in [0.5, 0.6) is 0 Å². The second-order valence-electron chi connectivity index (χ2n) is 4.38. The van der Waals surface area contributed by atoms with Gasteiger partial charge in [-0.05, 0) is 22.8 Å². The van der Waals surface area contributed by atoms with Crippen molar-refractivity contribution in [2.45, 2.75) is 6.42 Å². The van der Waals surface area contributed by atoms with Crippen LogP contribution in [0.25, 0.3) is 10.8 Å². The Bertz CT molecular complexity index is 499. The second-order valence-corrected chi connectivity index (χ2v) is 5.60. The Morgan fingerprint density at radius 3 is 2.63 bits per heavy atom. The van der Waals surface area contributed by atoms with E-state index in [0.29, 0.717) is 0 Å². The summed E-state index contributed by atoms with van der Waals surface area (Å²) in [5.41, 5.74) is 1.32. The lowest BCUT2D eigenvalue weighted by Crippen LogP contribution is -2.03. The first-order valence-corrected chi connectivity index (χ1v) is 7.79. The minimum atomic E-state index is 0.252. The lowest BCUT2D eigenvalue weighted by molar-refractivity contribution is 0.153. The van der Waals surface area contributed by atoms with Gasteiger partial charge < -0.3 is 9.84 Å². The zero-order valence-corrected chi connectivity index (χ0v) is 11.9. The maximum Gasteiger partial charge on any atom is 0.0556 e. The fraction of sp³-hybridized carbons (Fsp3) is 0.375. The van der Waals surface area contributed by atoms with E-state index in [1.165, 1.54) is 16.3 Å². The van der Waals surface area contributed by atoms with Crippen molar-refractivity contribution >= 4 is 22.5 Å². The van der Waals surface area contributed by atoms with Crippen LogP contribution in [0.3, 0.4) is 0 Å². The quantitative estimate of drug-likeness (QED) is 0.751. The Hall–Kier alpha value is -1.03. The van der Waals surface area contributed by atoms with Crippen LogP contribution < -0.4 is 0 Å². The first kappa shape index (κ1) is 14.4. The van der Waals surface area contributed by atoms with Gasteiger partial charge in [-0.2, -0.15) is 11.8 Å². The molecule has 0 unspecified atom stereocenters. The number of thioether (sulfide) groups is 1. The average Bonchev–Trinajstić information content (AvgIpc) is 2.46. The van der Waals surface area contributed by atoms with Crippen molar-refractivity contribution in [2.24, 2.45) is 0 Å². The molecule has 2 nitrogen and oxygen atoms in total. The number of hydrogen-bond donors (Lipinski definition) is 1. The zero-order valence-electron chi connectivity index (χ0n) is 11.0. The number of ether oxygens (including phenoxy) is 1. The number of hydrogen-bond acceptors (Lipinski definition) is 3. The summed E-state index contributed by atoms with van der Waals surface area (Å²) in [4.78, 5) is 0. The smallest absolute Gasteiger partial charge is 0.0556 e. The van der Waals surface area contributed by atoms with E-state index in [4.69, 9.17) is 9.84 Å². The molecule has 0 aliphatic carbocycles. The SMILES string of the molecule is OCCSCCOCCc1ccc2ccccc2c1. The third-order valence-corrected chi connectivity index (χ3v) is 3.88. The minimum absolute atomic E-state index is 0.252. The Labute approximate surface area is 118 Å². The number of benzene rings is 2. The second kappa shape index (κ2) is 8.20. The van der Waals surface area contributed by atoms with Crippen molar-refractivity contribution in [3.05, 3.63) is 48.0 Å². The molecular weight excluding hydrogens is 256 g/mol. The predicted molar refractivity (Wildman–Crippen MR) is 82.9 cm³/mol. The Morgan fingerprint density at radius 1 is 0.947 bits per heavy atom. The van der Waals surface area contributed by atoms with Crippen molar-refractivity contribution in [3.63, 3.8) is 0 Å². The maximum atomic E-state index is 8.64. The van der Waals surface area contributed by atoms with Crippen LogP contribution in [-0.2, 0) is 11.2 Å². The molecule has 3 heteroatoms. The fourth-order valence-corrected chi connectivity index (χ4v) is 2.54. The molecule has 0 saturated heterocycles. The third-order valence-electron chi connectivity index (χ3n) is 2.96. The van der Waals surface area contributed by atoms with E-state index in [9.17, 15) is 0 Å². The molecule has 0 bridgehead atoms. The van der Waals surface area contributed by atoms with Gasteiger partial charge in [-0.25, -0.2) is 0 Å². The van der Waals surface area contributed by atoms with Gasteiger partial charge in [-0.1, -0.05) is 42.5 Å². The van der Waals surface area contributed by atoms with Gasteiger partial charge >= 0.3 is 0 Å². The van der Waals surface area contributed by atoms with Crippen molar-refractivity contribution in [1.82, 2.24) is 0 Å². The summed E-state index contributed by atoms with van der Waals surface area (Å²) in [6.07, 6.45) is 0.954. The first-order valence-electron chi connectivity index (χ1n) is 6.64. The highest BCUT2D eigenvalue weighted by molar-refractivity contribution is 7.99. The van der Waals surface area contributed by atoms with Crippen LogP contribution in [0.1, 0.15) is 5.56 Å². The first-order chi connectivity index (χ1) is 9.40. The monoisotopic (exact) mass is 276 g/mol. The van der Waals surface area contributed by atoms with E-state index in [0.717, 1.165) is 31.1 Å². The average molecular weight is 276 g/mol. The van der Waals surface area contributed by atoms with Crippen LogP contribution >= 0.6 is 11.8 Å². The maximum absolute atomic E-state index is 8.64. The zero-order chi connectivity index (χ0) is 13.3. The van der Waals surface area contributed by atoms with Gasteiger partial charge in [-0.3, -0.25) is 0 Å². The molecule has 0 amide bonds. The topological polar surface area (TPSA) is 29.5 Å². The molecule has 0 aliphatic rings. The molecule has 0 atom stereocenters. The van der Waals surface area contributed by atoms with E-state index in [-0.39, 0.29) is 6.61 Å². The molecule has 0 radical (unpaired) electrons. The number of fused-ring (bicyclic) bond motifs is 1. The molecule has 0 spiro atoms. The molecule has 2 aromatic carbocycles. The summed E-state index contributed by atoms with van der Waals surface area (Å²) >= 11 is 1.73. The van der Waals surface area contributed by atoms with Gasteiger partial charge in [0.05, 0.1) is 19.8 Å². The molecular formula is C16H20O2S. The molecule has 0 aliphatic heterocycles. The summed E-state index contributed by atoms with van der Waals surface area (Å²) in [7, 11) is 0. The van der Waals surface area contributed by atoms with Gasteiger partial charge in [0, 0.05) is 11.5 Å². The predicted octanol–water partition coefficient (Wildman–Crippen LogP) is 3.12. The minimum Gasteiger partial charge on any atom is -0.396 e. The molecule has 102 valence electrons. The van der Waals surface area contributed by atoms with Crippen LogP contribution in [0.2, 0.25) is 0 Å². The van der Waals surface area contributed by atoms with Crippen LogP contribution in [-0.4, -0.2) is 36.4 Å². The van der Waals surface area contributed by atoms with Gasteiger partial charge in [-0.15, -0.1) is 0 Å².